The van der Waals surface area contributed by atoms with Crippen molar-refractivity contribution < 1.29 is 14.3 Å². The van der Waals surface area contributed by atoms with E-state index in [0.717, 1.165) is 55.2 Å². The molecule has 0 bridgehead atoms. The van der Waals surface area contributed by atoms with Crippen LogP contribution in [0.25, 0.3) is 10.2 Å². The highest BCUT2D eigenvalue weighted by Crippen LogP contribution is 2.32. The number of amides is 1. The molecule has 0 unspecified atom stereocenters. The molecule has 0 aliphatic carbocycles. The van der Waals surface area contributed by atoms with Crippen molar-refractivity contribution in [3.05, 3.63) is 53.1 Å². The van der Waals surface area contributed by atoms with Gasteiger partial charge in [-0.15, -0.1) is 0 Å². The van der Waals surface area contributed by atoms with Crippen LogP contribution < -0.4 is 9.64 Å². The molecule has 0 saturated carbocycles. The van der Waals surface area contributed by atoms with Crippen molar-refractivity contribution in [1.82, 2.24) is 9.88 Å². The van der Waals surface area contributed by atoms with Crippen molar-refractivity contribution in [2.45, 2.75) is 6.42 Å². The number of nitrogens with zero attached hydrogens (tertiary/aromatic N) is 3. The Bertz CT molecular complexity index is 1020. The monoisotopic (exact) mass is 445 g/mol. The summed E-state index contributed by atoms with van der Waals surface area (Å²) in [7, 11) is 1.64. The number of carbonyl (C=O) groups excluding carboxylic acids is 1. The summed E-state index contributed by atoms with van der Waals surface area (Å²) < 4.78 is 11.7. The summed E-state index contributed by atoms with van der Waals surface area (Å²) in [5.41, 5.74) is 1.42. The highest BCUT2D eigenvalue weighted by atomic mass is 35.5. The smallest absolute Gasteiger partial charge is 0.260 e. The molecule has 2 aromatic carbocycles. The number of fused-ring (bicyclic) bond motifs is 1. The molecular weight excluding hydrogens is 422 g/mol. The number of anilines is 1. The van der Waals surface area contributed by atoms with E-state index in [2.05, 4.69) is 4.90 Å². The van der Waals surface area contributed by atoms with Gasteiger partial charge in [0.1, 0.15) is 5.75 Å². The first-order valence-corrected chi connectivity index (χ1v) is 11.2. The van der Waals surface area contributed by atoms with Gasteiger partial charge in [-0.3, -0.25) is 14.6 Å². The van der Waals surface area contributed by atoms with Crippen LogP contribution in [0.15, 0.2) is 42.5 Å². The summed E-state index contributed by atoms with van der Waals surface area (Å²) in [6.45, 7) is 4.91. The Balaban J connectivity index is 1.58. The lowest BCUT2D eigenvalue weighted by Gasteiger charge is -2.27. The second-order valence-electron chi connectivity index (χ2n) is 7.10. The van der Waals surface area contributed by atoms with Crippen molar-refractivity contribution in [3.8, 4) is 5.75 Å². The van der Waals surface area contributed by atoms with Crippen molar-refractivity contribution in [2.75, 3.05) is 51.4 Å². The van der Waals surface area contributed by atoms with Gasteiger partial charge in [-0.05, 0) is 42.8 Å². The summed E-state index contributed by atoms with van der Waals surface area (Å²) in [6.07, 6.45) is 0.853. The Labute approximate surface area is 185 Å². The highest BCUT2D eigenvalue weighted by molar-refractivity contribution is 7.22. The molecule has 0 N–H and O–H groups in total. The summed E-state index contributed by atoms with van der Waals surface area (Å²) in [4.78, 5) is 22.2. The Morgan fingerprint density at radius 2 is 2.10 bits per heavy atom. The third kappa shape index (κ3) is 4.92. The van der Waals surface area contributed by atoms with Crippen molar-refractivity contribution in [2.24, 2.45) is 0 Å². The van der Waals surface area contributed by atoms with E-state index < -0.39 is 0 Å². The fourth-order valence-corrected chi connectivity index (χ4v) is 4.68. The summed E-state index contributed by atoms with van der Waals surface area (Å²) in [5, 5.41) is 1.23. The topological polar surface area (TPSA) is 54.9 Å². The molecule has 0 radical (unpaired) electrons. The minimum atomic E-state index is -0.0921. The van der Waals surface area contributed by atoms with Gasteiger partial charge in [0.25, 0.3) is 5.91 Å². The normalized spacial score (nSPS) is 14.7. The zero-order chi connectivity index (χ0) is 20.9. The summed E-state index contributed by atoms with van der Waals surface area (Å²) in [5.74, 6) is 0.684. The van der Waals surface area contributed by atoms with Gasteiger partial charge in [0.05, 0.1) is 30.5 Å². The molecule has 2 heterocycles. The number of halogens is 1. The van der Waals surface area contributed by atoms with Gasteiger partial charge >= 0.3 is 0 Å². The molecule has 3 aromatic rings. The second-order valence-corrected chi connectivity index (χ2v) is 8.55. The Kier molecular flexibility index (Phi) is 6.84. The molecule has 1 saturated heterocycles. The zero-order valence-electron chi connectivity index (χ0n) is 16.8. The van der Waals surface area contributed by atoms with Crippen LogP contribution >= 0.6 is 22.9 Å². The molecule has 1 aliphatic heterocycles. The lowest BCUT2D eigenvalue weighted by Crippen LogP contribution is -2.39. The van der Waals surface area contributed by atoms with Gasteiger partial charge in [0.2, 0.25) is 0 Å². The maximum atomic E-state index is 13.4. The molecule has 30 heavy (non-hydrogen) atoms. The number of morpholine rings is 1. The number of methoxy groups -OCH3 is 1. The predicted molar refractivity (Wildman–Crippen MR) is 121 cm³/mol. The lowest BCUT2D eigenvalue weighted by atomic mass is 10.2. The number of thiazole rings is 1. The van der Waals surface area contributed by atoms with Crippen LogP contribution in [0, 0.1) is 0 Å². The average molecular weight is 446 g/mol. The van der Waals surface area contributed by atoms with Crippen LogP contribution in [0.1, 0.15) is 16.8 Å². The third-order valence-electron chi connectivity index (χ3n) is 5.09. The predicted octanol–water partition coefficient (Wildman–Crippen LogP) is 4.33. The Morgan fingerprint density at radius 1 is 1.27 bits per heavy atom. The maximum Gasteiger partial charge on any atom is 0.260 e. The van der Waals surface area contributed by atoms with E-state index in [-0.39, 0.29) is 5.91 Å². The first-order valence-electron chi connectivity index (χ1n) is 9.96. The molecule has 158 valence electrons. The minimum absolute atomic E-state index is 0.0921. The molecule has 1 amide bonds. The van der Waals surface area contributed by atoms with E-state index in [4.69, 9.17) is 26.1 Å². The van der Waals surface area contributed by atoms with Gasteiger partial charge < -0.3 is 9.47 Å². The third-order valence-corrected chi connectivity index (χ3v) is 6.37. The summed E-state index contributed by atoms with van der Waals surface area (Å²) in [6, 6.07) is 12.8. The second kappa shape index (κ2) is 9.75. The van der Waals surface area contributed by atoms with Crippen LogP contribution in [-0.4, -0.2) is 62.3 Å². The number of benzene rings is 2. The fraction of sp³-hybridized carbons (Fsp3) is 0.364. The van der Waals surface area contributed by atoms with Crippen LogP contribution in [0.5, 0.6) is 5.75 Å². The van der Waals surface area contributed by atoms with E-state index in [1.807, 2.05) is 18.2 Å². The largest absolute Gasteiger partial charge is 0.497 e. The van der Waals surface area contributed by atoms with E-state index in [1.54, 1.807) is 36.3 Å². The molecule has 1 aromatic heterocycles. The SMILES string of the molecule is COc1ccc2nc(N(CCCN3CCOCC3)C(=O)c3cccc(Cl)c3)sc2c1. The van der Waals surface area contributed by atoms with Gasteiger partial charge in [-0.2, -0.15) is 0 Å². The maximum absolute atomic E-state index is 13.4. The van der Waals surface area contributed by atoms with E-state index >= 15 is 0 Å². The van der Waals surface area contributed by atoms with E-state index in [1.165, 1.54) is 11.3 Å². The fourth-order valence-electron chi connectivity index (χ4n) is 3.47. The Hall–Kier alpha value is -2.19. The van der Waals surface area contributed by atoms with Crippen molar-refractivity contribution >= 4 is 44.2 Å². The first-order chi connectivity index (χ1) is 14.6. The molecule has 8 heteroatoms. The molecule has 1 fully saturated rings. The molecule has 1 aliphatic rings. The Morgan fingerprint density at radius 3 is 2.87 bits per heavy atom. The zero-order valence-corrected chi connectivity index (χ0v) is 18.4. The molecule has 0 atom stereocenters. The van der Waals surface area contributed by atoms with Gasteiger partial charge in [0.15, 0.2) is 5.13 Å². The number of hydrogen-bond donors (Lipinski definition) is 0. The minimum Gasteiger partial charge on any atom is -0.497 e. The van der Waals surface area contributed by atoms with Gasteiger partial charge in [0, 0.05) is 36.8 Å². The van der Waals surface area contributed by atoms with Crippen LogP contribution in [0.3, 0.4) is 0 Å². The van der Waals surface area contributed by atoms with Crippen LogP contribution in [-0.2, 0) is 4.74 Å². The number of ether oxygens (including phenoxy) is 2. The van der Waals surface area contributed by atoms with Crippen molar-refractivity contribution in [1.29, 1.82) is 0 Å². The molecule has 6 nitrogen and oxygen atoms in total. The molecule has 0 spiro atoms. The average Bonchev–Trinajstić information content (AvgIpc) is 3.20. The van der Waals surface area contributed by atoms with Crippen molar-refractivity contribution in [3.63, 3.8) is 0 Å². The van der Waals surface area contributed by atoms with Crippen LogP contribution in [0.2, 0.25) is 5.02 Å². The molecular formula is C22H24ClN3O3S. The standard InChI is InChI=1S/C22H24ClN3O3S/c1-28-18-6-7-19-20(15-18)30-22(24-19)26(9-3-8-25-10-12-29-13-11-25)21(27)16-4-2-5-17(23)14-16/h2,4-7,14-15H,3,8-13H2,1H3. The summed E-state index contributed by atoms with van der Waals surface area (Å²) >= 11 is 7.62. The molecule has 4 rings (SSSR count). The van der Waals surface area contributed by atoms with E-state index in [9.17, 15) is 4.79 Å². The quantitative estimate of drug-likeness (QED) is 0.542. The number of rotatable bonds is 7. The van der Waals surface area contributed by atoms with Gasteiger partial charge in [-0.1, -0.05) is 29.0 Å². The lowest BCUT2D eigenvalue weighted by molar-refractivity contribution is 0.0376. The highest BCUT2D eigenvalue weighted by Gasteiger charge is 2.22. The number of hydrogen-bond acceptors (Lipinski definition) is 6. The first kappa shape index (κ1) is 21.1. The van der Waals surface area contributed by atoms with Gasteiger partial charge in [-0.25, -0.2) is 4.98 Å². The number of aromatic nitrogens is 1. The van der Waals surface area contributed by atoms with Crippen LogP contribution in [0.4, 0.5) is 5.13 Å². The number of carbonyl (C=O) groups is 1. The van der Waals surface area contributed by atoms with E-state index in [0.29, 0.717) is 22.3 Å².